The predicted molar refractivity (Wildman–Crippen MR) is 108 cm³/mol. The van der Waals surface area contributed by atoms with Crippen LogP contribution in [0.2, 0.25) is 0 Å². The maximum Gasteiger partial charge on any atom is 0.0972 e. The first kappa shape index (κ1) is 14.8. The highest BCUT2D eigenvalue weighted by Gasteiger charge is 2.07. The van der Waals surface area contributed by atoms with E-state index >= 15 is 0 Å². The van der Waals surface area contributed by atoms with Crippen molar-refractivity contribution in [1.29, 1.82) is 0 Å². The molecule has 0 atom stereocenters. The number of nitrogens with zero attached hydrogens (tertiary/aromatic N) is 2. The zero-order chi connectivity index (χ0) is 17.3. The molecule has 2 aromatic heterocycles. The van der Waals surface area contributed by atoms with E-state index in [1.165, 1.54) is 5.56 Å². The van der Waals surface area contributed by atoms with Gasteiger partial charge in [-0.15, -0.1) is 0 Å². The zero-order valence-electron chi connectivity index (χ0n) is 14.1. The molecule has 0 spiro atoms. The van der Waals surface area contributed by atoms with Gasteiger partial charge in [-0.3, -0.25) is 4.98 Å². The molecule has 26 heavy (non-hydrogen) atoms. The van der Waals surface area contributed by atoms with E-state index < -0.39 is 0 Å². The number of hydrogen-bond donors (Lipinski definition) is 0. The highest BCUT2D eigenvalue weighted by atomic mass is 14.8. The fraction of sp³-hybridized carbons (Fsp3) is 0. The molecule has 3 aromatic carbocycles. The Bertz CT molecular complexity index is 1210. The van der Waals surface area contributed by atoms with E-state index in [2.05, 4.69) is 54.6 Å². The lowest BCUT2D eigenvalue weighted by molar-refractivity contribution is 1.37. The van der Waals surface area contributed by atoms with Crippen LogP contribution in [-0.4, -0.2) is 9.97 Å². The molecule has 0 aliphatic carbocycles. The van der Waals surface area contributed by atoms with E-state index in [9.17, 15) is 0 Å². The van der Waals surface area contributed by atoms with Crippen LogP contribution >= 0.6 is 0 Å². The van der Waals surface area contributed by atoms with Crippen molar-refractivity contribution >= 4 is 21.8 Å². The molecular weight excluding hydrogens is 316 g/mol. The summed E-state index contributed by atoms with van der Waals surface area (Å²) in [5.41, 5.74) is 6.28. The molecule has 0 saturated heterocycles. The average molecular weight is 332 g/mol. The van der Waals surface area contributed by atoms with Crippen LogP contribution in [0.1, 0.15) is 0 Å². The van der Waals surface area contributed by atoms with Gasteiger partial charge in [-0.2, -0.15) is 0 Å². The first-order chi connectivity index (χ1) is 12.9. The maximum absolute atomic E-state index is 4.91. The van der Waals surface area contributed by atoms with Gasteiger partial charge in [-0.25, -0.2) is 4.98 Å². The fourth-order valence-electron chi connectivity index (χ4n) is 3.34. The average Bonchev–Trinajstić information content (AvgIpc) is 2.74. The first-order valence-corrected chi connectivity index (χ1v) is 8.69. The number of pyridine rings is 2. The SMILES string of the molecule is c1ccc(-c2cnc3c(ccc4ccc(-c5ccccc5)nc43)c2)cc1. The predicted octanol–water partition coefficient (Wildman–Crippen LogP) is 6.12. The third-order valence-electron chi connectivity index (χ3n) is 4.69. The van der Waals surface area contributed by atoms with E-state index in [1.807, 2.05) is 42.6 Å². The van der Waals surface area contributed by atoms with Crippen molar-refractivity contribution in [1.82, 2.24) is 9.97 Å². The summed E-state index contributed by atoms with van der Waals surface area (Å²) in [6.45, 7) is 0. The van der Waals surface area contributed by atoms with Gasteiger partial charge in [0.25, 0.3) is 0 Å². The van der Waals surface area contributed by atoms with E-state index in [0.717, 1.165) is 38.6 Å². The van der Waals surface area contributed by atoms with Crippen LogP contribution in [0.5, 0.6) is 0 Å². The topological polar surface area (TPSA) is 25.8 Å². The molecule has 5 rings (SSSR count). The summed E-state index contributed by atoms with van der Waals surface area (Å²) in [5, 5.41) is 2.22. The molecule has 122 valence electrons. The number of hydrogen-bond acceptors (Lipinski definition) is 2. The number of rotatable bonds is 2. The fourth-order valence-corrected chi connectivity index (χ4v) is 3.34. The second-order valence-electron chi connectivity index (χ2n) is 6.36. The van der Waals surface area contributed by atoms with Gasteiger partial charge in [0.05, 0.1) is 16.7 Å². The highest BCUT2D eigenvalue weighted by molar-refractivity contribution is 6.04. The molecule has 0 unspecified atom stereocenters. The molecule has 2 heteroatoms. The van der Waals surface area contributed by atoms with Gasteiger partial charge in [0.15, 0.2) is 0 Å². The summed E-state index contributed by atoms with van der Waals surface area (Å²) in [6, 6.07) is 31.2. The van der Waals surface area contributed by atoms with Crippen molar-refractivity contribution in [2.24, 2.45) is 0 Å². The zero-order valence-corrected chi connectivity index (χ0v) is 14.1. The van der Waals surface area contributed by atoms with Gasteiger partial charge < -0.3 is 0 Å². The Hall–Kier alpha value is -3.52. The molecule has 0 aliphatic heterocycles. The second kappa shape index (κ2) is 6.08. The first-order valence-electron chi connectivity index (χ1n) is 8.69. The van der Waals surface area contributed by atoms with Crippen LogP contribution in [0.4, 0.5) is 0 Å². The molecule has 0 amide bonds. The molecular formula is C24H16N2. The molecule has 5 aromatic rings. The summed E-state index contributed by atoms with van der Waals surface area (Å²) in [6.07, 6.45) is 1.94. The minimum atomic E-state index is 0.944. The van der Waals surface area contributed by atoms with Crippen molar-refractivity contribution < 1.29 is 0 Å². The Morgan fingerprint density at radius 2 is 1.15 bits per heavy atom. The third-order valence-corrected chi connectivity index (χ3v) is 4.69. The Morgan fingerprint density at radius 3 is 1.92 bits per heavy atom. The van der Waals surface area contributed by atoms with E-state index in [1.54, 1.807) is 0 Å². The van der Waals surface area contributed by atoms with Crippen LogP contribution in [0.15, 0.2) is 97.2 Å². The maximum atomic E-state index is 4.91. The summed E-state index contributed by atoms with van der Waals surface area (Å²) in [7, 11) is 0. The summed E-state index contributed by atoms with van der Waals surface area (Å²) < 4.78 is 0. The van der Waals surface area contributed by atoms with E-state index in [-0.39, 0.29) is 0 Å². The lowest BCUT2D eigenvalue weighted by Gasteiger charge is -2.08. The smallest absolute Gasteiger partial charge is 0.0972 e. The molecule has 0 saturated carbocycles. The van der Waals surface area contributed by atoms with Crippen molar-refractivity contribution in [2.75, 3.05) is 0 Å². The van der Waals surface area contributed by atoms with Crippen LogP contribution in [0.3, 0.4) is 0 Å². The summed E-state index contributed by atoms with van der Waals surface area (Å²) >= 11 is 0. The Kier molecular flexibility index (Phi) is 3.46. The minimum absolute atomic E-state index is 0.944. The lowest BCUT2D eigenvalue weighted by atomic mass is 10.0. The van der Waals surface area contributed by atoms with Gasteiger partial charge in [0, 0.05) is 28.1 Å². The minimum Gasteiger partial charge on any atom is -0.253 e. The Morgan fingerprint density at radius 1 is 0.500 bits per heavy atom. The van der Waals surface area contributed by atoms with Crippen LogP contribution in [-0.2, 0) is 0 Å². The Balaban J connectivity index is 1.71. The van der Waals surface area contributed by atoms with Crippen LogP contribution < -0.4 is 0 Å². The number of benzene rings is 3. The largest absolute Gasteiger partial charge is 0.253 e. The van der Waals surface area contributed by atoms with Gasteiger partial charge in [0.2, 0.25) is 0 Å². The van der Waals surface area contributed by atoms with Gasteiger partial charge >= 0.3 is 0 Å². The molecule has 0 radical (unpaired) electrons. The molecule has 0 N–H and O–H groups in total. The normalized spacial score (nSPS) is 11.1. The third kappa shape index (κ3) is 2.52. The molecule has 0 fully saturated rings. The quantitative estimate of drug-likeness (QED) is 0.364. The molecule has 0 bridgehead atoms. The standard InChI is InChI=1S/C24H16N2/c1-3-7-17(8-4-1)21-15-20-12-11-19-13-14-22(18-9-5-2-6-10-18)26-24(19)23(20)25-16-21/h1-16H. The van der Waals surface area contributed by atoms with Gasteiger partial charge in [-0.05, 0) is 17.7 Å². The highest BCUT2D eigenvalue weighted by Crippen LogP contribution is 2.28. The molecule has 0 aliphatic rings. The molecule has 2 heterocycles. The summed E-state index contributed by atoms with van der Waals surface area (Å²) in [5.74, 6) is 0. The summed E-state index contributed by atoms with van der Waals surface area (Å²) in [4.78, 5) is 9.67. The van der Waals surface area contributed by atoms with Crippen LogP contribution in [0, 0.1) is 0 Å². The monoisotopic (exact) mass is 332 g/mol. The molecule has 2 nitrogen and oxygen atoms in total. The number of fused-ring (bicyclic) bond motifs is 3. The van der Waals surface area contributed by atoms with Crippen molar-refractivity contribution in [3.05, 3.63) is 97.2 Å². The van der Waals surface area contributed by atoms with E-state index in [4.69, 9.17) is 9.97 Å². The van der Waals surface area contributed by atoms with Crippen molar-refractivity contribution in [3.63, 3.8) is 0 Å². The number of aromatic nitrogens is 2. The van der Waals surface area contributed by atoms with Crippen molar-refractivity contribution in [3.8, 4) is 22.4 Å². The Labute approximate surface area is 151 Å². The van der Waals surface area contributed by atoms with Gasteiger partial charge in [0.1, 0.15) is 0 Å². The van der Waals surface area contributed by atoms with E-state index in [0.29, 0.717) is 0 Å². The van der Waals surface area contributed by atoms with Crippen molar-refractivity contribution in [2.45, 2.75) is 0 Å². The second-order valence-corrected chi connectivity index (χ2v) is 6.36. The van der Waals surface area contributed by atoms with Gasteiger partial charge in [-0.1, -0.05) is 78.9 Å². The lowest BCUT2D eigenvalue weighted by Crippen LogP contribution is -1.89. The van der Waals surface area contributed by atoms with Crippen LogP contribution in [0.25, 0.3) is 44.2 Å².